The van der Waals surface area contributed by atoms with Gasteiger partial charge in [0.1, 0.15) is 17.2 Å². The molecule has 0 fully saturated rings. The average molecular weight is 376 g/mol. The second-order valence-electron chi connectivity index (χ2n) is 6.64. The Balaban J connectivity index is 2.08. The molecule has 1 unspecified atom stereocenters. The first-order valence-electron chi connectivity index (χ1n) is 7.72. The molecule has 10 nitrogen and oxygen atoms in total. The van der Waals surface area contributed by atoms with Crippen molar-refractivity contribution >= 4 is 34.5 Å². The number of hydrogen-bond donors (Lipinski definition) is 1. The highest BCUT2D eigenvalue weighted by molar-refractivity contribution is 7.81. The molecule has 1 N–H and O–H groups in total. The monoisotopic (exact) mass is 376 g/mol. The molecular formula is C15H18N7O3S-. The van der Waals surface area contributed by atoms with Crippen molar-refractivity contribution in [3.63, 3.8) is 0 Å². The number of nitrogens with one attached hydrogen (secondary N) is 1. The molecule has 3 aromatic rings. The topological polar surface area (TPSA) is 120 Å². The summed E-state index contributed by atoms with van der Waals surface area (Å²) in [6, 6.07) is 3.04. The second-order valence-corrected chi connectivity index (χ2v) is 7.44. The highest BCUT2D eigenvalue weighted by Crippen LogP contribution is 2.25. The Morgan fingerprint density at radius 2 is 2.04 bits per heavy atom. The quantitative estimate of drug-likeness (QED) is 0.676. The van der Waals surface area contributed by atoms with Gasteiger partial charge in [0.05, 0.1) is 23.7 Å². The summed E-state index contributed by atoms with van der Waals surface area (Å²) in [6.45, 7) is 5.58. The van der Waals surface area contributed by atoms with Crippen molar-refractivity contribution in [3.8, 4) is 0 Å². The van der Waals surface area contributed by atoms with Gasteiger partial charge in [0.25, 0.3) is 5.91 Å². The van der Waals surface area contributed by atoms with Gasteiger partial charge in [-0.15, -0.1) is 0 Å². The van der Waals surface area contributed by atoms with Crippen LogP contribution < -0.4 is 9.62 Å². The molecule has 138 valence electrons. The van der Waals surface area contributed by atoms with Crippen LogP contribution in [0.25, 0.3) is 5.65 Å². The highest BCUT2D eigenvalue weighted by Gasteiger charge is 2.22. The van der Waals surface area contributed by atoms with E-state index in [0.717, 1.165) is 4.31 Å². The molecule has 0 aliphatic carbocycles. The van der Waals surface area contributed by atoms with Crippen molar-refractivity contribution in [2.75, 3.05) is 4.31 Å². The van der Waals surface area contributed by atoms with Gasteiger partial charge in [-0.25, -0.2) is 13.8 Å². The van der Waals surface area contributed by atoms with Crippen molar-refractivity contribution in [1.82, 2.24) is 29.7 Å². The predicted molar refractivity (Wildman–Crippen MR) is 94.5 cm³/mol. The van der Waals surface area contributed by atoms with Gasteiger partial charge in [-0.05, 0) is 20.8 Å². The molecule has 26 heavy (non-hydrogen) atoms. The number of fused-ring (bicyclic) bond motifs is 1. The molecule has 0 aliphatic heterocycles. The van der Waals surface area contributed by atoms with Crippen LogP contribution in [-0.2, 0) is 18.3 Å². The van der Waals surface area contributed by atoms with E-state index < -0.39 is 16.8 Å². The third kappa shape index (κ3) is 3.44. The van der Waals surface area contributed by atoms with Crippen molar-refractivity contribution in [2.24, 2.45) is 7.05 Å². The Morgan fingerprint density at radius 1 is 1.31 bits per heavy atom. The number of rotatable bonds is 4. The van der Waals surface area contributed by atoms with E-state index in [9.17, 15) is 13.6 Å². The maximum absolute atomic E-state index is 12.5. The molecule has 0 saturated heterocycles. The fourth-order valence-corrected chi connectivity index (χ4v) is 2.96. The lowest BCUT2D eigenvalue weighted by Crippen LogP contribution is -2.40. The molecule has 0 bridgehead atoms. The zero-order valence-electron chi connectivity index (χ0n) is 14.7. The largest absolute Gasteiger partial charge is 0.755 e. The molecule has 3 aromatic heterocycles. The summed E-state index contributed by atoms with van der Waals surface area (Å²) in [7, 11) is 1.62. The van der Waals surface area contributed by atoms with Gasteiger partial charge in [0, 0.05) is 30.9 Å². The minimum atomic E-state index is -2.63. The molecule has 1 amide bonds. The van der Waals surface area contributed by atoms with E-state index in [2.05, 4.69) is 20.5 Å². The summed E-state index contributed by atoms with van der Waals surface area (Å²) in [5.41, 5.74) is 0.0745. The minimum absolute atomic E-state index is 0.125. The van der Waals surface area contributed by atoms with Gasteiger partial charge >= 0.3 is 0 Å². The van der Waals surface area contributed by atoms with Crippen LogP contribution in [0, 0.1) is 0 Å². The highest BCUT2D eigenvalue weighted by atomic mass is 32.2. The molecule has 0 spiro atoms. The van der Waals surface area contributed by atoms with Gasteiger partial charge in [0.15, 0.2) is 5.65 Å². The van der Waals surface area contributed by atoms with Crippen LogP contribution in [-0.4, -0.2) is 44.6 Å². The van der Waals surface area contributed by atoms with E-state index in [0.29, 0.717) is 5.82 Å². The summed E-state index contributed by atoms with van der Waals surface area (Å²) in [4.78, 5) is 16.8. The fourth-order valence-electron chi connectivity index (χ4n) is 2.38. The van der Waals surface area contributed by atoms with E-state index in [-0.39, 0.29) is 22.9 Å². The van der Waals surface area contributed by atoms with Crippen molar-refractivity contribution in [1.29, 1.82) is 0 Å². The average Bonchev–Trinajstić information content (AvgIpc) is 3.12. The Bertz CT molecular complexity index is 989. The third-order valence-electron chi connectivity index (χ3n) is 3.45. The van der Waals surface area contributed by atoms with Crippen LogP contribution in [0.3, 0.4) is 0 Å². The number of aromatic nitrogens is 5. The van der Waals surface area contributed by atoms with E-state index in [1.54, 1.807) is 19.3 Å². The Hall–Kier alpha value is -2.79. The maximum atomic E-state index is 12.5. The molecule has 11 heteroatoms. The third-order valence-corrected chi connectivity index (χ3v) is 4.12. The number of aryl methyl sites for hydroxylation is 1. The molecular weight excluding hydrogens is 358 g/mol. The van der Waals surface area contributed by atoms with Crippen LogP contribution in [0.4, 0.5) is 11.6 Å². The number of nitrogens with zero attached hydrogens (tertiary/aromatic N) is 6. The summed E-state index contributed by atoms with van der Waals surface area (Å²) < 4.78 is 27.4. The number of amides is 1. The standard InChI is InChI=1S/C15H19N7O3S/c1-15(2,3)19-14(23)10-9-17-21-8-6-11(18-13(10)21)22(26(24)25)12-5-7-16-20(12)4/h5-9H,1-4H3,(H,19,23)(H,24,25)/p-1. The molecule has 3 heterocycles. The zero-order chi connectivity index (χ0) is 19.1. The first-order chi connectivity index (χ1) is 12.2. The predicted octanol–water partition coefficient (Wildman–Crippen LogP) is 0.923. The molecule has 1 atom stereocenters. The van der Waals surface area contributed by atoms with Gasteiger partial charge in [-0.2, -0.15) is 10.2 Å². The van der Waals surface area contributed by atoms with Gasteiger partial charge < -0.3 is 9.87 Å². The van der Waals surface area contributed by atoms with E-state index in [1.807, 2.05) is 20.8 Å². The van der Waals surface area contributed by atoms with Crippen molar-refractivity contribution < 1.29 is 13.6 Å². The van der Waals surface area contributed by atoms with Gasteiger partial charge in [0.2, 0.25) is 0 Å². The van der Waals surface area contributed by atoms with Crippen LogP contribution in [0.5, 0.6) is 0 Å². The first kappa shape index (κ1) is 18.0. The minimum Gasteiger partial charge on any atom is -0.755 e. The van der Waals surface area contributed by atoms with Gasteiger partial charge in [-0.3, -0.25) is 13.7 Å². The SMILES string of the molecule is Cn1nccc1N(c1ccn2ncc(C(=O)NC(C)(C)C)c2n1)S(=O)[O-]. The summed E-state index contributed by atoms with van der Waals surface area (Å²) in [5, 5.41) is 10.9. The van der Waals surface area contributed by atoms with Gasteiger partial charge in [-0.1, -0.05) is 0 Å². The normalized spacial score (nSPS) is 13.0. The number of carbonyl (C=O) groups is 1. The summed E-state index contributed by atoms with van der Waals surface area (Å²) >= 11 is -2.63. The lowest BCUT2D eigenvalue weighted by atomic mass is 10.1. The van der Waals surface area contributed by atoms with Crippen molar-refractivity contribution in [2.45, 2.75) is 26.3 Å². The summed E-state index contributed by atoms with van der Waals surface area (Å²) in [5.74, 6) is 0.0996. The molecule has 0 aliphatic rings. The Morgan fingerprint density at radius 3 is 2.62 bits per heavy atom. The summed E-state index contributed by atoms with van der Waals surface area (Å²) in [6.07, 6.45) is 4.42. The fraction of sp³-hybridized carbons (Fsp3) is 0.333. The lowest BCUT2D eigenvalue weighted by Gasteiger charge is -2.24. The Labute approximate surface area is 152 Å². The van der Waals surface area contributed by atoms with Crippen LogP contribution in [0.15, 0.2) is 30.7 Å². The van der Waals surface area contributed by atoms with Crippen LogP contribution in [0.2, 0.25) is 0 Å². The second kappa shape index (κ2) is 6.50. The van der Waals surface area contributed by atoms with Crippen LogP contribution in [0.1, 0.15) is 31.1 Å². The molecule has 0 aromatic carbocycles. The molecule has 0 radical (unpaired) electrons. The molecule has 0 saturated carbocycles. The number of anilines is 2. The molecule has 3 rings (SSSR count). The smallest absolute Gasteiger partial charge is 0.257 e. The van der Waals surface area contributed by atoms with E-state index >= 15 is 0 Å². The van der Waals surface area contributed by atoms with Crippen LogP contribution >= 0.6 is 0 Å². The van der Waals surface area contributed by atoms with E-state index in [4.69, 9.17) is 0 Å². The van der Waals surface area contributed by atoms with E-state index in [1.165, 1.54) is 27.7 Å². The van der Waals surface area contributed by atoms with Crippen molar-refractivity contribution in [3.05, 3.63) is 36.3 Å². The zero-order valence-corrected chi connectivity index (χ0v) is 15.5. The lowest BCUT2D eigenvalue weighted by molar-refractivity contribution is 0.0921. The number of hydrogen-bond acceptors (Lipinski definition) is 6. The Kier molecular flexibility index (Phi) is 4.50. The number of carbonyl (C=O) groups excluding carboxylic acids is 1. The maximum Gasteiger partial charge on any atom is 0.257 e. The first-order valence-corrected chi connectivity index (χ1v) is 8.75.